The number of pyridine rings is 2. The molecule has 0 radical (unpaired) electrons. The molecular weight excluding hydrogens is 300 g/mol. The van der Waals surface area contributed by atoms with Gasteiger partial charge in [0.25, 0.3) is 0 Å². The van der Waals surface area contributed by atoms with E-state index in [0.29, 0.717) is 0 Å². The van der Waals surface area contributed by atoms with E-state index < -0.39 is 0 Å². The Balaban J connectivity index is 1.70. The number of H-pyrrole nitrogens is 2. The van der Waals surface area contributed by atoms with Gasteiger partial charge in [0.05, 0.1) is 11.0 Å². The van der Waals surface area contributed by atoms with E-state index in [2.05, 4.69) is 54.2 Å². The van der Waals surface area contributed by atoms with Gasteiger partial charge in [0.15, 0.2) is 0 Å². The fourth-order valence-corrected chi connectivity index (χ4v) is 2.90. The highest BCUT2D eigenvalue weighted by atomic mass is 14.9. The van der Waals surface area contributed by atoms with E-state index in [4.69, 9.17) is 0 Å². The molecule has 5 rings (SSSR count). The summed E-state index contributed by atoms with van der Waals surface area (Å²) in [5.74, 6) is 1.62. The van der Waals surface area contributed by atoms with E-state index >= 15 is 0 Å². The monoisotopic (exact) mass is 312 g/mol. The Morgan fingerprint density at radius 2 is 1.12 bits per heavy atom. The van der Waals surface area contributed by atoms with Gasteiger partial charge in [-0.15, -0.1) is 0 Å². The maximum absolute atomic E-state index is 4.61. The lowest BCUT2D eigenvalue weighted by molar-refractivity contribution is 1.28. The van der Waals surface area contributed by atoms with Crippen LogP contribution < -0.4 is 0 Å². The maximum Gasteiger partial charge on any atom is 0.138 e. The molecule has 0 fully saturated rings. The van der Waals surface area contributed by atoms with Crippen LogP contribution >= 0.6 is 0 Å². The number of imidazole rings is 2. The zero-order valence-electron chi connectivity index (χ0n) is 12.6. The van der Waals surface area contributed by atoms with Crippen molar-refractivity contribution in [2.75, 3.05) is 0 Å². The molecule has 0 unspecified atom stereocenters. The van der Waals surface area contributed by atoms with Crippen LogP contribution in [0.5, 0.6) is 0 Å². The maximum atomic E-state index is 4.61. The summed E-state index contributed by atoms with van der Waals surface area (Å²) in [5, 5.41) is 2.07. The van der Waals surface area contributed by atoms with Gasteiger partial charge in [-0.05, 0) is 12.1 Å². The topological polar surface area (TPSA) is 83.1 Å². The largest absolute Gasteiger partial charge is 0.345 e. The molecule has 0 atom stereocenters. The van der Waals surface area contributed by atoms with Crippen molar-refractivity contribution in [2.45, 2.75) is 0 Å². The van der Waals surface area contributed by atoms with E-state index in [-0.39, 0.29) is 0 Å². The molecule has 0 aliphatic heterocycles. The first-order valence-electron chi connectivity index (χ1n) is 7.56. The molecule has 0 bridgehead atoms. The lowest BCUT2D eigenvalue weighted by Crippen LogP contribution is -1.89. The first-order chi connectivity index (χ1) is 11.9. The molecule has 0 spiro atoms. The molecule has 6 heteroatoms. The number of hydrogen-bond donors (Lipinski definition) is 2. The second-order valence-corrected chi connectivity index (χ2v) is 5.53. The van der Waals surface area contributed by atoms with E-state index in [1.165, 1.54) is 0 Å². The summed E-state index contributed by atoms with van der Waals surface area (Å²) >= 11 is 0. The Hall–Kier alpha value is -3.54. The van der Waals surface area contributed by atoms with Crippen molar-refractivity contribution in [3.8, 4) is 22.8 Å². The van der Waals surface area contributed by atoms with E-state index in [0.717, 1.165) is 44.6 Å². The van der Waals surface area contributed by atoms with Crippen LogP contribution in [0.1, 0.15) is 0 Å². The van der Waals surface area contributed by atoms with Gasteiger partial charge in [0.1, 0.15) is 11.6 Å². The fraction of sp³-hybridized carbons (Fsp3) is 0. The minimum atomic E-state index is 0.811. The summed E-state index contributed by atoms with van der Waals surface area (Å²) in [6.07, 6.45) is 10.7. The third-order valence-corrected chi connectivity index (χ3v) is 4.04. The SMILES string of the molecule is c1c[nH]c(-c2cnc3c(ccc4cc(-c5ncc[nH]5)cnc43)c2)n1. The van der Waals surface area contributed by atoms with Gasteiger partial charge in [0.2, 0.25) is 0 Å². The van der Waals surface area contributed by atoms with Crippen LogP contribution in [-0.2, 0) is 0 Å². The molecule has 0 aliphatic carbocycles. The van der Waals surface area contributed by atoms with Crippen molar-refractivity contribution in [1.29, 1.82) is 0 Å². The Bertz CT molecular complexity index is 1050. The van der Waals surface area contributed by atoms with Crippen molar-refractivity contribution in [1.82, 2.24) is 29.9 Å². The second-order valence-electron chi connectivity index (χ2n) is 5.53. The minimum absolute atomic E-state index is 0.811. The predicted octanol–water partition coefficient (Wildman–Crippen LogP) is 3.56. The Morgan fingerprint density at radius 1 is 0.625 bits per heavy atom. The van der Waals surface area contributed by atoms with Crippen molar-refractivity contribution < 1.29 is 0 Å². The number of benzene rings is 1. The zero-order valence-corrected chi connectivity index (χ0v) is 12.6. The van der Waals surface area contributed by atoms with Crippen LogP contribution in [0.4, 0.5) is 0 Å². The van der Waals surface area contributed by atoms with E-state index in [9.17, 15) is 0 Å². The van der Waals surface area contributed by atoms with Crippen LogP contribution in [0.15, 0.2) is 61.4 Å². The molecule has 4 heterocycles. The molecule has 5 aromatic rings. The number of nitrogens with one attached hydrogen (secondary N) is 2. The van der Waals surface area contributed by atoms with Crippen molar-refractivity contribution in [2.24, 2.45) is 0 Å². The highest BCUT2D eigenvalue weighted by Gasteiger charge is 2.09. The third kappa shape index (κ3) is 1.97. The van der Waals surface area contributed by atoms with Gasteiger partial charge in [-0.1, -0.05) is 12.1 Å². The lowest BCUT2D eigenvalue weighted by Gasteiger charge is -2.05. The summed E-state index contributed by atoms with van der Waals surface area (Å²) in [6.45, 7) is 0. The lowest BCUT2D eigenvalue weighted by atomic mass is 10.1. The summed E-state index contributed by atoms with van der Waals surface area (Å²) in [5.41, 5.74) is 3.68. The highest BCUT2D eigenvalue weighted by molar-refractivity contribution is 6.04. The number of rotatable bonds is 2. The van der Waals surface area contributed by atoms with Gasteiger partial charge in [-0.25, -0.2) is 9.97 Å². The van der Waals surface area contributed by atoms with Crippen molar-refractivity contribution in [3.63, 3.8) is 0 Å². The number of hydrogen-bond acceptors (Lipinski definition) is 4. The van der Waals surface area contributed by atoms with Crippen molar-refractivity contribution in [3.05, 3.63) is 61.4 Å². The molecule has 0 aliphatic rings. The number of aromatic nitrogens is 6. The van der Waals surface area contributed by atoms with Crippen LogP contribution in [-0.4, -0.2) is 29.9 Å². The quantitative estimate of drug-likeness (QED) is 0.488. The van der Waals surface area contributed by atoms with Gasteiger partial charge in [-0.2, -0.15) is 0 Å². The number of nitrogens with zero attached hydrogens (tertiary/aromatic N) is 4. The summed E-state index contributed by atoms with van der Waals surface area (Å²) in [6, 6.07) is 8.26. The molecule has 2 N–H and O–H groups in total. The van der Waals surface area contributed by atoms with Gasteiger partial charge >= 0.3 is 0 Å². The second kappa shape index (κ2) is 4.99. The molecular formula is C18H12N6. The van der Waals surface area contributed by atoms with Gasteiger partial charge in [0, 0.05) is 59.1 Å². The van der Waals surface area contributed by atoms with Crippen LogP contribution in [0.25, 0.3) is 44.6 Å². The first kappa shape index (κ1) is 13.0. The number of aromatic amines is 2. The highest BCUT2D eigenvalue weighted by Crippen LogP contribution is 2.27. The van der Waals surface area contributed by atoms with Crippen LogP contribution in [0.3, 0.4) is 0 Å². The molecule has 4 aromatic heterocycles. The molecule has 1 aromatic carbocycles. The molecule has 114 valence electrons. The standard InChI is InChI=1S/C18H12N6/c1-2-12-8-14(18-21-5-6-22-18)10-24-16(12)15-11(1)7-13(9-23-15)17-19-3-4-20-17/h1-10H,(H,19,20)(H,21,22). The Morgan fingerprint density at radius 3 is 1.54 bits per heavy atom. The van der Waals surface area contributed by atoms with Gasteiger partial charge < -0.3 is 9.97 Å². The average molecular weight is 312 g/mol. The Kier molecular flexibility index (Phi) is 2.69. The first-order valence-corrected chi connectivity index (χ1v) is 7.56. The molecule has 24 heavy (non-hydrogen) atoms. The number of fused-ring (bicyclic) bond motifs is 3. The average Bonchev–Trinajstić information content (AvgIpc) is 3.34. The minimum Gasteiger partial charge on any atom is -0.345 e. The summed E-state index contributed by atoms with van der Waals surface area (Å²) < 4.78 is 0. The molecule has 0 saturated carbocycles. The van der Waals surface area contributed by atoms with Crippen LogP contribution in [0.2, 0.25) is 0 Å². The zero-order chi connectivity index (χ0) is 15.9. The van der Waals surface area contributed by atoms with E-state index in [1.807, 2.05) is 12.4 Å². The third-order valence-electron chi connectivity index (χ3n) is 4.04. The summed E-state index contributed by atoms with van der Waals surface area (Å²) in [4.78, 5) is 24.0. The predicted molar refractivity (Wildman–Crippen MR) is 92.2 cm³/mol. The summed E-state index contributed by atoms with van der Waals surface area (Å²) in [7, 11) is 0. The van der Waals surface area contributed by atoms with Gasteiger partial charge in [-0.3, -0.25) is 9.97 Å². The van der Waals surface area contributed by atoms with E-state index in [1.54, 1.807) is 24.8 Å². The van der Waals surface area contributed by atoms with Crippen molar-refractivity contribution >= 4 is 21.8 Å². The molecule has 6 nitrogen and oxygen atoms in total. The van der Waals surface area contributed by atoms with Crippen LogP contribution in [0, 0.1) is 0 Å². The molecule has 0 saturated heterocycles. The normalized spacial score (nSPS) is 11.3. The molecule has 0 amide bonds. The fourth-order valence-electron chi connectivity index (χ4n) is 2.90. The smallest absolute Gasteiger partial charge is 0.138 e. The Labute approximate surface area is 136 Å².